The van der Waals surface area contributed by atoms with Crippen molar-refractivity contribution in [1.29, 1.82) is 0 Å². The number of hydrogen-bond acceptors (Lipinski definition) is 2. The van der Waals surface area contributed by atoms with Crippen LogP contribution in [-0.2, 0) is 6.18 Å². The van der Waals surface area contributed by atoms with Gasteiger partial charge in [0.1, 0.15) is 11.6 Å². The summed E-state index contributed by atoms with van der Waals surface area (Å²) in [5.74, 6) is -3.10. The molecule has 1 N–H and O–H groups in total. The van der Waals surface area contributed by atoms with Crippen molar-refractivity contribution in [3.8, 4) is 11.3 Å². The van der Waals surface area contributed by atoms with Gasteiger partial charge in [0.25, 0.3) is 5.91 Å². The summed E-state index contributed by atoms with van der Waals surface area (Å²) in [4.78, 5) is 12.3. The lowest BCUT2D eigenvalue weighted by Gasteiger charge is -2.07. The highest BCUT2D eigenvalue weighted by Gasteiger charge is 2.40. The predicted molar refractivity (Wildman–Crippen MR) is 88.5 cm³/mol. The number of carbonyl (C=O) groups is 1. The summed E-state index contributed by atoms with van der Waals surface area (Å²) in [5.41, 5.74) is -0.189. The molecule has 0 aliphatic carbocycles. The maximum Gasteiger partial charge on any atom is 0.450 e. The van der Waals surface area contributed by atoms with E-state index in [2.05, 4.69) is 5.32 Å². The highest BCUT2D eigenvalue weighted by Crippen LogP contribution is 2.37. The molecule has 2 aromatic carbocycles. The van der Waals surface area contributed by atoms with Gasteiger partial charge < -0.3 is 9.73 Å². The second kappa shape index (κ2) is 6.84. The Morgan fingerprint density at radius 2 is 1.62 bits per heavy atom. The number of anilines is 1. The van der Waals surface area contributed by atoms with Crippen molar-refractivity contribution in [2.75, 3.05) is 5.32 Å². The molecule has 0 aliphatic rings. The highest BCUT2D eigenvalue weighted by atomic mass is 35.5. The third-order valence-corrected chi connectivity index (χ3v) is 3.72. The third-order valence-electron chi connectivity index (χ3n) is 3.46. The van der Waals surface area contributed by atoms with Crippen molar-refractivity contribution < 1.29 is 26.8 Å². The average molecular weight is 384 g/mol. The smallest absolute Gasteiger partial charge is 0.450 e. The molecule has 8 heteroatoms. The maximum absolute atomic E-state index is 13.2. The van der Waals surface area contributed by atoms with Crippen LogP contribution in [0, 0.1) is 5.82 Å². The molecule has 0 aliphatic heterocycles. The number of amides is 1. The summed E-state index contributed by atoms with van der Waals surface area (Å²) in [6, 6.07) is 11.6. The predicted octanol–water partition coefficient (Wildman–Crippen LogP) is 6.01. The first-order chi connectivity index (χ1) is 12.2. The molecule has 1 heterocycles. The van der Waals surface area contributed by atoms with Crippen molar-refractivity contribution in [3.05, 3.63) is 76.8 Å². The zero-order valence-electron chi connectivity index (χ0n) is 12.9. The molecule has 3 aromatic rings. The largest absolute Gasteiger partial charge is 0.451 e. The summed E-state index contributed by atoms with van der Waals surface area (Å²) in [7, 11) is 0. The van der Waals surface area contributed by atoms with Crippen LogP contribution in [0.25, 0.3) is 11.3 Å². The molecule has 0 saturated carbocycles. The van der Waals surface area contributed by atoms with Crippen LogP contribution in [0.3, 0.4) is 0 Å². The molecule has 134 valence electrons. The monoisotopic (exact) mass is 383 g/mol. The minimum Gasteiger partial charge on any atom is -0.451 e. The van der Waals surface area contributed by atoms with Crippen LogP contribution in [0.5, 0.6) is 0 Å². The second-order valence-corrected chi connectivity index (χ2v) is 5.76. The number of benzene rings is 2. The molecule has 3 rings (SSSR count). The quantitative estimate of drug-likeness (QED) is 0.563. The van der Waals surface area contributed by atoms with Crippen LogP contribution in [0.4, 0.5) is 23.2 Å². The summed E-state index contributed by atoms with van der Waals surface area (Å²) in [5, 5.41) is 2.69. The summed E-state index contributed by atoms with van der Waals surface area (Å²) in [6.45, 7) is 0. The van der Waals surface area contributed by atoms with Gasteiger partial charge >= 0.3 is 6.18 Å². The van der Waals surface area contributed by atoms with Crippen LogP contribution in [0.2, 0.25) is 5.02 Å². The molecule has 0 atom stereocenters. The van der Waals surface area contributed by atoms with Gasteiger partial charge in [-0.25, -0.2) is 4.39 Å². The van der Waals surface area contributed by atoms with E-state index < -0.39 is 29.2 Å². The number of furan rings is 1. The van der Waals surface area contributed by atoms with Gasteiger partial charge in [0.2, 0.25) is 5.76 Å². The van der Waals surface area contributed by atoms with Gasteiger partial charge in [-0.2, -0.15) is 13.2 Å². The Balaban J connectivity index is 1.97. The van der Waals surface area contributed by atoms with Crippen LogP contribution >= 0.6 is 11.6 Å². The Hall–Kier alpha value is -2.80. The van der Waals surface area contributed by atoms with E-state index in [1.54, 1.807) is 0 Å². The number of halogens is 5. The van der Waals surface area contributed by atoms with Gasteiger partial charge in [0.15, 0.2) is 0 Å². The lowest BCUT2D eigenvalue weighted by Crippen LogP contribution is -2.16. The molecular formula is C18H10ClF4NO2. The van der Waals surface area contributed by atoms with E-state index in [-0.39, 0.29) is 11.4 Å². The second-order valence-electron chi connectivity index (χ2n) is 5.32. The van der Waals surface area contributed by atoms with Gasteiger partial charge in [0.05, 0.1) is 5.56 Å². The Bertz CT molecular complexity index is 931. The van der Waals surface area contributed by atoms with Crippen LogP contribution < -0.4 is 5.32 Å². The molecule has 0 bridgehead atoms. The summed E-state index contributed by atoms with van der Waals surface area (Å²) < 4.78 is 57.5. The maximum atomic E-state index is 13.2. The number of carbonyl (C=O) groups excluding carboxylic acids is 1. The fourth-order valence-corrected chi connectivity index (χ4v) is 2.38. The number of alkyl halides is 3. The third kappa shape index (κ3) is 3.88. The molecule has 0 unspecified atom stereocenters. The van der Waals surface area contributed by atoms with Gasteiger partial charge in [-0.15, -0.1) is 0 Å². The first-order valence-electron chi connectivity index (χ1n) is 7.28. The Morgan fingerprint density at radius 3 is 2.19 bits per heavy atom. The van der Waals surface area contributed by atoms with Crippen LogP contribution in [-0.4, -0.2) is 5.91 Å². The van der Waals surface area contributed by atoms with Crippen molar-refractivity contribution in [1.82, 2.24) is 0 Å². The van der Waals surface area contributed by atoms with E-state index in [9.17, 15) is 22.4 Å². The molecule has 3 nitrogen and oxygen atoms in total. The lowest BCUT2D eigenvalue weighted by atomic mass is 10.1. The van der Waals surface area contributed by atoms with E-state index in [1.807, 2.05) is 0 Å². The number of nitrogens with one attached hydrogen (secondary N) is 1. The standard InChI is InChI=1S/C18H10ClF4NO2/c19-11-3-1-10(2-4-11)15-9-14(16(26-15)18(21,22)23)17(25)24-13-7-5-12(20)6-8-13/h1-9H,(H,24,25). The molecule has 1 amide bonds. The number of rotatable bonds is 3. The van der Waals surface area contributed by atoms with Crippen molar-refractivity contribution in [2.45, 2.75) is 6.18 Å². The van der Waals surface area contributed by atoms with Gasteiger partial charge in [-0.3, -0.25) is 4.79 Å². The normalized spacial score (nSPS) is 11.4. The van der Waals surface area contributed by atoms with E-state index in [0.717, 1.165) is 18.2 Å². The van der Waals surface area contributed by atoms with Crippen LogP contribution in [0.15, 0.2) is 59.0 Å². The van der Waals surface area contributed by atoms with Gasteiger partial charge in [0, 0.05) is 16.3 Å². The Morgan fingerprint density at radius 1 is 1.00 bits per heavy atom. The SMILES string of the molecule is O=C(Nc1ccc(F)cc1)c1cc(-c2ccc(Cl)cc2)oc1C(F)(F)F. The van der Waals surface area contributed by atoms with E-state index in [4.69, 9.17) is 16.0 Å². The molecule has 1 aromatic heterocycles. The minimum absolute atomic E-state index is 0.127. The molecule has 0 radical (unpaired) electrons. The van der Waals surface area contributed by atoms with Gasteiger partial charge in [-0.1, -0.05) is 11.6 Å². The first-order valence-corrected chi connectivity index (χ1v) is 7.66. The van der Waals surface area contributed by atoms with E-state index in [0.29, 0.717) is 10.6 Å². The molecular weight excluding hydrogens is 374 g/mol. The topological polar surface area (TPSA) is 42.2 Å². The molecule has 0 spiro atoms. The van der Waals surface area contributed by atoms with E-state index >= 15 is 0 Å². The van der Waals surface area contributed by atoms with Crippen molar-refractivity contribution >= 4 is 23.2 Å². The molecule has 26 heavy (non-hydrogen) atoms. The highest BCUT2D eigenvalue weighted by molar-refractivity contribution is 6.30. The zero-order valence-corrected chi connectivity index (χ0v) is 13.7. The fourth-order valence-electron chi connectivity index (χ4n) is 2.26. The summed E-state index contributed by atoms with van der Waals surface area (Å²) in [6.07, 6.45) is -4.86. The Kier molecular flexibility index (Phi) is 4.73. The molecule has 0 saturated heterocycles. The first kappa shape index (κ1) is 18.0. The average Bonchev–Trinajstić information content (AvgIpc) is 3.03. The minimum atomic E-state index is -4.86. The molecule has 0 fully saturated rings. The zero-order chi connectivity index (χ0) is 18.9. The van der Waals surface area contributed by atoms with Gasteiger partial charge in [-0.05, 0) is 54.6 Å². The Labute approximate surface area is 150 Å². The van der Waals surface area contributed by atoms with Crippen LogP contribution in [0.1, 0.15) is 16.1 Å². The summed E-state index contributed by atoms with van der Waals surface area (Å²) >= 11 is 5.76. The van der Waals surface area contributed by atoms with E-state index in [1.165, 1.54) is 36.4 Å². The van der Waals surface area contributed by atoms with Crippen molar-refractivity contribution in [3.63, 3.8) is 0 Å². The fraction of sp³-hybridized carbons (Fsp3) is 0.0556. The number of hydrogen-bond donors (Lipinski definition) is 1. The van der Waals surface area contributed by atoms with Crippen molar-refractivity contribution in [2.24, 2.45) is 0 Å². The lowest BCUT2D eigenvalue weighted by molar-refractivity contribution is -0.153.